The molecule has 7 atom stereocenters. The number of anilines is 1. The minimum Gasteiger partial charge on any atom is -0.394 e. The number of alkyl halides is 1. The molecule has 3 amide bonds. The number of amides is 3. The average molecular weight is 713 g/mol. The van der Waals surface area contributed by atoms with Crippen LogP contribution in [0.15, 0.2) is 104 Å². The van der Waals surface area contributed by atoms with Crippen molar-refractivity contribution in [2.45, 2.75) is 55.4 Å². The lowest BCUT2D eigenvalue weighted by Crippen LogP contribution is -2.58. The van der Waals surface area contributed by atoms with Crippen molar-refractivity contribution in [1.29, 1.82) is 0 Å². The van der Waals surface area contributed by atoms with Crippen molar-refractivity contribution in [2.75, 3.05) is 24.6 Å². The molecular formula is C39H42BrN3O5. The first-order valence-corrected chi connectivity index (χ1v) is 17.3. The molecule has 3 aromatic rings. The SMILES string of the molecule is C=CCN(Cc1ccccc1)C(=O)[C@H]1[C@@H]2OC3(CC2Br)C(C(=O)N(CC=C)c2cc(C)ccc2C)N([C@H](CO)c2ccccc2)C(=O)[C@H]13. The van der Waals surface area contributed by atoms with Gasteiger partial charge in [-0.2, -0.15) is 0 Å². The summed E-state index contributed by atoms with van der Waals surface area (Å²) in [5, 5.41) is 10.9. The average Bonchev–Trinajstić information content (AvgIpc) is 3.69. The molecule has 6 rings (SSSR count). The van der Waals surface area contributed by atoms with Crippen LogP contribution in [-0.4, -0.2) is 74.9 Å². The molecule has 3 fully saturated rings. The molecule has 8 nitrogen and oxygen atoms in total. The Hall–Kier alpha value is -4.05. The number of carbonyl (C=O) groups excluding carboxylic acids is 3. The van der Waals surface area contributed by atoms with Crippen molar-refractivity contribution in [2.24, 2.45) is 11.8 Å². The van der Waals surface area contributed by atoms with Crippen molar-refractivity contribution < 1.29 is 24.2 Å². The fourth-order valence-corrected chi connectivity index (χ4v) is 8.93. The molecule has 2 bridgehead atoms. The smallest absolute Gasteiger partial charge is 0.253 e. The van der Waals surface area contributed by atoms with E-state index < -0.39 is 42.2 Å². The molecule has 1 N–H and O–H groups in total. The van der Waals surface area contributed by atoms with E-state index in [-0.39, 0.29) is 35.6 Å². The number of nitrogens with zero attached hydrogens (tertiary/aromatic N) is 3. The van der Waals surface area contributed by atoms with Crippen LogP contribution in [0.5, 0.6) is 0 Å². The number of aliphatic hydroxyl groups is 1. The summed E-state index contributed by atoms with van der Waals surface area (Å²) in [6, 6.07) is 22.9. The minimum atomic E-state index is -1.31. The highest BCUT2D eigenvalue weighted by Crippen LogP contribution is 2.61. The highest BCUT2D eigenvalue weighted by molar-refractivity contribution is 9.09. The summed E-state index contributed by atoms with van der Waals surface area (Å²) in [5.74, 6) is -2.70. The zero-order valence-electron chi connectivity index (χ0n) is 27.4. The number of hydrogen-bond acceptors (Lipinski definition) is 5. The van der Waals surface area contributed by atoms with Gasteiger partial charge in [0.2, 0.25) is 11.8 Å². The Morgan fingerprint density at radius 1 is 1.02 bits per heavy atom. The van der Waals surface area contributed by atoms with Crippen LogP contribution in [0.2, 0.25) is 0 Å². The topological polar surface area (TPSA) is 90.4 Å². The molecule has 3 saturated heterocycles. The minimum absolute atomic E-state index is 0.200. The van der Waals surface area contributed by atoms with Gasteiger partial charge in [0.15, 0.2) is 0 Å². The van der Waals surface area contributed by atoms with Gasteiger partial charge in [-0.15, -0.1) is 13.2 Å². The molecule has 0 radical (unpaired) electrons. The van der Waals surface area contributed by atoms with Gasteiger partial charge >= 0.3 is 0 Å². The second-order valence-electron chi connectivity index (χ2n) is 13.0. The lowest BCUT2D eigenvalue weighted by atomic mass is 9.70. The Morgan fingerprint density at radius 3 is 2.33 bits per heavy atom. The first kappa shape index (κ1) is 33.8. The molecule has 0 aliphatic carbocycles. The van der Waals surface area contributed by atoms with E-state index in [1.54, 1.807) is 22.0 Å². The van der Waals surface area contributed by atoms with Gasteiger partial charge in [0.05, 0.1) is 30.6 Å². The molecule has 3 aliphatic rings. The van der Waals surface area contributed by atoms with E-state index in [0.29, 0.717) is 24.2 Å². The number of likely N-dealkylation sites (tertiary alicyclic amines) is 1. The second-order valence-corrected chi connectivity index (χ2v) is 14.2. The van der Waals surface area contributed by atoms with E-state index in [1.165, 1.54) is 4.90 Å². The summed E-state index contributed by atoms with van der Waals surface area (Å²) < 4.78 is 6.85. The molecule has 250 valence electrons. The molecule has 0 aromatic heterocycles. The molecule has 9 heteroatoms. The van der Waals surface area contributed by atoms with E-state index in [2.05, 4.69) is 29.1 Å². The number of fused-ring (bicyclic) bond motifs is 1. The third-order valence-electron chi connectivity index (χ3n) is 10.0. The van der Waals surface area contributed by atoms with Crippen molar-refractivity contribution in [3.05, 3.63) is 126 Å². The summed E-state index contributed by atoms with van der Waals surface area (Å²) in [6.45, 7) is 12.2. The van der Waals surface area contributed by atoms with E-state index in [1.807, 2.05) is 92.7 Å². The van der Waals surface area contributed by atoms with E-state index in [9.17, 15) is 14.7 Å². The van der Waals surface area contributed by atoms with E-state index >= 15 is 4.79 Å². The molecule has 0 saturated carbocycles. The van der Waals surface area contributed by atoms with Gasteiger partial charge in [-0.1, -0.05) is 101 Å². The molecule has 1 spiro atoms. The van der Waals surface area contributed by atoms with Crippen LogP contribution in [0.3, 0.4) is 0 Å². The number of hydrogen-bond donors (Lipinski definition) is 1. The zero-order chi connectivity index (χ0) is 34.2. The van der Waals surface area contributed by atoms with Crippen LogP contribution < -0.4 is 4.90 Å². The van der Waals surface area contributed by atoms with Gasteiger partial charge in [0, 0.05) is 30.1 Å². The summed E-state index contributed by atoms with van der Waals surface area (Å²) in [4.78, 5) is 49.4. The van der Waals surface area contributed by atoms with Crippen molar-refractivity contribution in [3.63, 3.8) is 0 Å². The predicted octanol–water partition coefficient (Wildman–Crippen LogP) is 5.52. The summed E-state index contributed by atoms with van der Waals surface area (Å²) in [5.41, 5.74) is 2.92. The van der Waals surface area contributed by atoms with Gasteiger partial charge < -0.3 is 24.5 Å². The molecule has 3 heterocycles. The summed E-state index contributed by atoms with van der Waals surface area (Å²) >= 11 is 3.80. The predicted molar refractivity (Wildman–Crippen MR) is 189 cm³/mol. The van der Waals surface area contributed by atoms with Crippen LogP contribution in [-0.2, 0) is 25.7 Å². The number of benzene rings is 3. The van der Waals surface area contributed by atoms with Gasteiger partial charge in [-0.25, -0.2) is 0 Å². The molecule has 3 aromatic carbocycles. The lowest BCUT2D eigenvalue weighted by Gasteiger charge is -2.40. The number of aryl methyl sites for hydroxylation is 2. The number of ether oxygens (including phenoxy) is 1. The van der Waals surface area contributed by atoms with Crippen molar-refractivity contribution in [1.82, 2.24) is 9.80 Å². The van der Waals surface area contributed by atoms with Crippen LogP contribution in [0.4, 0.5) is 5.69 Å². The Labute approximate surface area is 290 Å². The van der Waals surface area contributed by atoms with Gasteiger partial charge in [-0.05, 0) is 48.6 Å². The van der Waals surface area contributed by atoms with E-state index in [4.69, 9.17) is 4.74 Å². The lowest BCUT2D eigenvalue weighted by molar-refractivity contribution is -0.147. The number of halogens is 1. The highest BCUT2D eigenvalue weighted by Gasteiger charge is 2.77. The quantitative estimate of drug-likeness (QED) is 0.198. The van der Waals surface area contributed by atoms with Gasteiger partial charge in [-0.3, -0.25) is 14.4 Å². The third-order valence-corrected chi connectivity index (χ3v) is 10.9. The first-order valence-electron chi connectivity index (χ1n) is 16.4. The molecule has 3 unspecified atom stereocenters. The fourth-order valence-electron chi connectivity index (χ4n) is 7.99. The first-order chi connectivity index (χ1) is 23.2. The van der Waals surface area contributed by atoms with Crippen molar-refractivity contribution in [3.8, 4) is 0 Å². The van der Waals surface area contributed by atoms with Crippen molar-refractivity contribution >= 4 is 39.3 Å². The van der Waals surface area contributed by atoms with Crippen LogP contribution in [0.1, 0.15) is 34.7 Å². The monoisotopic (exact) mass is 711 g/mol. The van der Waals surface area contributed by atoms with Gasteiger partial charge in [0.1, 0.15) is 11.6 Å². The molecule has 3 aliphatic heterocycles. The standard InChI is InChI=1S/C39H42BrN3O5/c1-5-19-41(23-27-13-9-7-10-14-27)36(45)32-33-37(46)43(31(24-44)28-15-11-8-12-16-28)35(39(33)22-29(40)34(32)48-39)38(47)42(20-6-2)30-21-25(3)17-18-26(30)4/h5-18,21,29,31-35,44H,1-2,19-20,22-24H2,3-4H3/t29?,31-,32-,33+,34-,35?,39?/m1/s1. The molecular weight excluding hydrogens is 670 g/mol. The highest BCUT2D eigenvalue weighted by atomic mass is 79.9. The normalized spacial score (nSPS) is 26.2. The number of rotatable bonds is 12. The Balaban J connectivity index is 1.48. The largest absolute Gasteiger partial charge is 0.394 e. The Morgan fingerprint density at radius 2 is 1.69 bits per heavy atom. The number of aliphatic hydroxyl groups excluding tert-OH is 1. The fraction of sp³-hybridized carbons (Fsp3) is 0.359. The second kappa shape index (κ2) is 13.8. The zero-order valence-corrected chi connectivity index (χ0v) is 29.0. The summed E-state index contributed by atoms with van der Waals surface area (Å²) in [6.07, 6.45) is 3.08. The maximum absolute atomic E-state index is 15.2. The van der Waals surface area contributed by atoms with Crippen LogP contribution in [0, 0.1) is 25.7 Å². The summed E-state index contributed by atoms with van der Waals surface area (Å²) in [7, 11) is 0. The maximum atomic E-state index is 15.2. The Bertz CT molecular complexity index is 1700. The van der Waals surface area contributed by atoms with E-state index in [0.717, 1.165) is 16.7 Å². The van der Waals surface area contributed by atoms with Gasteiger partial charge in [0.25, 0.3) is 5.91 Å². The number of carbonyl (C=O) groups is 3. The maximum Gasteiger partial charge on any atom is 0.253 e. The van der Waals surface area contributed by atoms with Crippen LogP contribution >= 0.6 is 15.9 Å². The molecule has 48 heavy (non-hydrogen) atoms. The third kappa shape index (κ3) is 5.71. The van der Waals surface area contributed by atoms with Crippen LogP contribution in [0.25, 0.3) is 0 Å². The Kier molecular flexibility index (Phi) is 9.74.